The maximum absolute atomic E-state index is 12.8. The number of nitrogens with two attached hydrogens (primary N) is 1. The highest BCUT2D eigenvalue weighted by atomic mass is 16.2. The lowest BCUT2D eigenvalue weighted by Gasteiger charge is -2.22. The third-order valence-electron chi connectivity index (χ3n) is 4.06. The molecule has 2 aromatic carbocycles. The van der Waals surface area contributed by atoms with Crippen molar-refractivity contribution in [1.82, 2.24) is 5.32 Å². The lowest BCUT2D eigenvalue weighted by Crippen LogP contribution is -2.34. The van der Waals surface area contributed by atoms with Gasteiger partial charge in [0.1, 0.15) is 0 Å². The van der Waals surface area contributed by atoms with E-state index in [9.17, 15) is 14.4 Å². The summed E-state index contributed by atoms with van der Waals surface area (Å²) in [5.41, 5.74) is 7.15. The van der Waals surface area contributed by atoms with Crippen molar-refractivity contribution >= 4 is 23.7 Å². The second-order valence-electron chi connectivity index (χ2n) is 5.81. The molecule has 134 valence electrons. The Morgan fingerprint density at radius 1 is 1.04 bits per heavy atom. The van der Waals surface area contributed by atoms with Crippen molar-refractivity contribution in [3.05, 3.63) is 77.4 Å². The molecule has 0 aliphatic heterocycles. The standard InChI is InChI=1S/C21H22N2O3/c1-2-23-21(26)17(13-15-9-5-3-6-10-15)19(18(14-24)20(22)25)16-11-7-4-8-12-16/h3-12,14,17H,2,13H2,1H3,(H2,22,25)(H,23,26). The Morgan fingerprint density at radius 3 is 2.12 bits per heavy atom. The summed E-state index contributed by atoms with van der Waals surface area (Å²) in [6.07, 6.45) is 0.781. The van der Waals surface area contributed by atoms with E-state index >= 15 is 0 Å². The first-order chi connectivity index (χ1) is 12.6. The molecule has 2 aromatic rings. The topological polar surface area (TPSA) is 89.3 Å². The largest absolute Gasteiger partial charge is 0.365 e. The van der Waals surface area contributed by atoms with Crippen LogP contribution in [0.1, 0.15) is 18.1 Å². The molecule has 0 bridgehead atoms. The number of carbonyl (C=O) groups is 3. The first kappa shape index (κ1) is 19.1. The summed E-state index contributed by atoms with van der Waals surface area (Å²) >= 11 is 0. The molecular formula is C21H22N2O3. The molecule has 2 rings (SSSR count). The molecule has 0 radical (unpaired) electrons. The number of primary amides is 1. The molecule has 5 heteroatoms. The van der Waals surface area contributed by atoms with Crippen LogP contribution in [0.2, 0.25) is 0 Å². The Labute approximate surface area is 152 Å². The third kappa shape index (κ3) is 4.66. The summed E-state index contributed by atoms with van der Waals surface area (Å²) in [7, 11) is 0. The second kappa shape index (κ2) is 9.32. The Bertz CT molecular complexity index is 799. The minimum Gasteiger partial charge on any atom is -0.365 e. The fourth-order valence-electron chi connectivity index (χ4n) is 2.89. The maximum Gasteiger partial charge on any atom is 0.252 e. The minimum atomic E-state index is -0.846. The van der Waals surface area contributed by atoms with Crippen molar-refractivity contribution in [1.29, 1.82) is 0 Å². The molecule has 0 fully saturated rings. The predicted octanol–water partition coefficient (Wildman–Crippen LogP) is 2.12. The fraction of sp³-hybridized carbons (Fsp3) is 0.190. The quantitative estimate of drug-likeness (QED) is 0.331. The monoisotopic (exact) mass is 350 g/mol. The molecule has 0 aliphatic carbocycles. The van der Waals surface area contributed by atoms with Crippen LogP contribution in [0.5, 0.6) is 0 Å². The van der Waals surface area contributed by atoms with Crippen LogP contribution in [0.15, 0.2) is 66.2 Å². The lowest BCUT2D eigenvalue weighted by molar-refractivity contribution is -0.123. The maximum atomic E-state index is 12.8. The summed E-state index contributed by atoms with van der Waals surface area (Å²) < 4.78 is 0. The molecule has 26 heavy (non-hydrogen) atoms. The molecule has 0 aliphatic rings. The molecule has 2 amide bonds. The van der Waals surface area contributed by atoms with E-state index in [0.717, 1.165) is 5.56 Å². The zero-order valence-corrected chi connectivity index (χ0v) is 14.6. The van der Waals surface area contributed by atoms with Gasteiger partial charge in [-0.1, -0.05) is 60.7 Å². The van der Waals surface area contributed by atoms with Crippen LogP contribution in [0, 0.1) is 5.92 Å². The number of benzene rings is 2. The number of rotatable bonds is 8. The molecule has 0 saturated heterocycles. The van der Waals surface area contributed by atoms with E-state index in [1.807, 2.05) is 43.3 Å². The first-order valence-electron chi connectivity index (χ1n) is 8.44. The molecule has 1 unspecified atom stereocenters. The minimum absolute atomic E-state index is 0.177. The molecule has 0 saturated carbocycles. The molecular weight excluding hydrogens is 328 g/mol. The fourth-order valence-corrected chi connectivity index (χ4v) is 2.89. The number of carbonyl (C=O) groups excluding carboxylic acids is 3. The van der Waals surface area contributed by atoms with Crippen LogP contribution >= 0.6 is 0 Å². The van der Waals surface area contributed by atoms with Gasteiger partial charge in [-0.25, -0.2) is 0 Å². The van der Waals surface area contributed by atoms with Gasteiger partial charge in [0.25, 0.3) is 5.91 Å². The van der Waals surface area contributed by atoms with Gasteiger partial charge >= 0.3 is 0 Å². The third-order valence-corrected chi connectivity index (χ3v) is 4.06. The molecule has 0 spiro atoms. The van der Waals surface area contributed by atoms with E-state index in [1.165, 1.54) is 0 Å². The summed E-state index contributed by atoms with van der Waals surface area (Å²) in [4.78, 5) is 36.3. The van der Waals surface area contributed by atoms with Crippen molar-refractivity contribution < 1.29 is 14.4 Å². The van der Waals surface area contributed by atoms with Crippen LogP contribution in [-0.4, -0.2) is 24.6 Å². The van der Waals surface area contributed by atoms with E-state index < -0.39 is 11.8 Å². The van der Waals surface area contributed by atoms with E-state index in [0.29, 0.717) is 30.4 Å². The zero-order chi connectivity index (χ0) is 18.9. The lowest BCUT2D eigenvalue weighted by atomic mass is 9.83. The van der Waals surface area contributed by atoms with Crippen LogP contribution in [0.25, 0.3) is 5.57 Å². The van der Waals surface area contributed by atoms with Crippen LogP contribution in [-0.2, 0) is 20.8 Å². The first-order valence-corrected chi connectivity index (χ1v) is 8.44. The predicted molar refractivity (Wildman–Crippen MR) is 101 cm³/mol. The van der Waals surface area contributed by atoms with Gasteiger partial charge in [0.05, 0.1) is 11.5 Å². The normalized spacial score (nSPS) is 12.7. The Balaban J connectivity index is 2.63. The van der Waals surface area contributed by atoms with Crippen LogP contribution < -0.4 is 11.1 Å². The molecule has 0 heterocycles. The van der Waals surface area contributed by atoms with Crippen LogP contribution in [0.3, 0.4) is 0 Å². The second-order valence-corrected chi connectivity index (χ2v) is 5.81. The van der Waals surface area contributed by atoms with Crippen molar-refractivity contribution in [3.8, 4) is 0 Å². The number of hydrogen-bond donors (Lipinski definition) is 2. The van der Waals surface area contributed by atoms with Gasteiger partial charge in [0, 0.05) is 6.54 Å². The molecule has 3 N–H and O–H groups in total. The summed E-state index contributed by atoms with van der Waals surface area (Å²) in [6.45, 7) is 2.26. The van der Waals surface area contributed by atoms with Gasteiger partial charge in [-0.05, 0) is 30.0 Å². The Morgan fingerprint density at radius 2 is 1.62 bits per heavy atom. The Hall–Kier alpha value is -3.21. The Kier molecular flexibility index (Phi) is 6.85. The van der Waals surface area contributed by atoms with Crippen LogP contribution in [0.4, 0.5) is 0 Å². The van der Waals surface area contributed by atoms with Crippen molar-refractivity contribution in [3.63, 3.8) is 0 Å². The smallest absolute Gasteiger partial charge is 0.252 e. The van der Waals surface area contributed by atoms with Gasteiger partial charge in [0.15, 0.2) is 6.29 Å². The van der Waals surface area contributed by atoms with E-state index in [4.69, 9.17) is 5.73 Å². The summed E-state index contributed by atoms with van der Waals surface area (Å²) in [5, 5.41) is 2.79. The van der Waals surface area contributed by atoms with E-state index in [2.05, 4.69) is 5.32 Å². The molecule has 5 nitrogen and oxygen atoms in total. The van der Waals surface area contributed by atoms with Crippen molar-refractivity contribution in [2.75, 3.05) is 6.54 Å². The highest BCUT2D eigenvalue weighted by Crippen LogP contribution is 2.30. The van der Waals surface area contributed by atoms with Gasteiger partial charge in [-0.15, -0.1) is 0 Å². The number of aldehydes is 1. The van der Waals surface area contributed by atoms with Gasteiger partial charge in [-0.3, -0.25) is 14.4 Å². The number of hydrogen-bond acceptors (Lipinski definition) is 3. The number of amides is 2. The summed E-state index contributed by atoms with van der Waals surface area (Å²) in [6, 6.07) is 18.4. The average molecular weight is 350 g/mol. The highest BCUT2D eigenvalue weighted by Gasteiger charge is 2.28. The highest BCUT2D eigenvalue weighted by molar-refractivity contribution is 6.18. The zero-order valence-electron chi connectivity index (χ0n) is 14.6. The van der Waals surface area contributed by atoms with E-state index in [1.54, 1.807) is 24.3 Å². The number of nitrogens with one attached hydrogen (secondary N) is 1. The van der Waals surface area contributed by atoms with Crippen molar-refractivity contribution in [2.45, 2.75) is 13.3 Å². The van der Waals surface area contributed by atoms with Gasteiger partial charge in [0.2, 0.25) is 5.91 Å². The SMILES string of the molecule is CCNC(=O)C(Cc1ccccc1)C(=C(C=O)C(N)=O)c1ccccc1. The average Bonchev–Trinajstić information content (AvgIpc) is 2.66. The van der Waals surface area contributed by atoms with E-state index in [-0.39, 0.29) is 11.5 Å². The molecule has 0 aromatic heterocycles. The summed E-state index contributed by atoms with van der Waals surface area (Å²) in [5.74, 6) is -1.82. The van der Waals surface area contributed by atoms with Gasteiger partial charge < -0.3 is 11.1 Å². The van der Waals surface area contributed by atoms with Gasteiger partial charge in [-0.2, -0.15) is 0 Å². The van der Waals surface area contributed by atoms with Crippen molar-refractivity contribution in [2.24, 2.45) is 11.7 Å². The molecule has 1 atom stereocenters.